The van der Waals surface area contributed by atoms with Crippen LogP contribution in [0.3, 0.4) is 0 Å². The largest absolute Gasteiger partial charge is 0.211 e. The summed E-state index contributed by atoms with van der Waals surface area (Å²) in [7, 11) is 0. The number of rotatable bonds is 0. The van der Waals surface area contributed by atoms with Crippen molar-refractivity contribution < 1.29 is 0 Å². The van der Waals surface area contributed by atoms with Gasteiger partial charge in [0.2, 0.25) is 14.7 Å². The van der Waals surface area contributed by atoms with Crippen molar-refractivity contribution in [3.05, 3.63) is 0 Å². The monoisotopic (exact) mass is 148 g/mol. The summed E-state index contributed by atoms with van der Waals surface area (Å²) in [5.41, 5.74) is 33.0. The lowest BCUT2D eigenvalue weighted by Gasteiger charge is -0.844. The highest BCUT2D eigenvalue weighted by atomic mass is 15.0. The molecule has 0 unspecified atom stereocenters. The van der Waals surface area contributed by atoms with E-state index < -0.39 is 0 Å². The molecule has 0 aromatic heterocycles. The van der Waals surface area contributed by atoms with Crippen LogP contribution in [0.2, 0.25) is 0 Å². The minimum absolute atomic E-state index is 0. The van der Waals surface area contributed by atoms with E-state index in [4.69, 9.17) is 33.2 Å². The molecule has 0 aliphatic rings. The Morgan fingerprint density at radius 2 is 0.500 bits per heavy atom. The first kappa shape index (κ1) is 24.7. The lowest BCUT2D eigenvalue weighted by molar-refractivity contribution is 0.928. The van der Waals surface area contributed by atoms with E-state index in [9.17, 15) is 0 Å². The normalized spacial score (nSPS) is 2.40. The topological polar surface area (TPSA) is 185 Å². The standard InChI is InChI=1S/CH4.3H2N3/c;3*1-3-2/h1H4;3*1-2H/q;3*+1. The van der Waals surface area contributed by atoms with Gasteiger partial charge in [0.15, 0.2) is 0 Å². The van der Waals surface area contributed by atoms with Crippen molar-refractivity contribution >= 4 is 0 Å². The number of nitrogens with one attached hydrogen (secondary N) is 6. The van der Waals surface area contributed by atoms with E-state index >= 15 is 0 Å². The van der Waals surface area contributed by atoms with Gasteiger partial charge in [-0.05, 0) is 0 Å². The first-order valence-electron chi connectivity index (χ1n) is 1.34. The van der Waals surface area contributed by atoms with E-state index in [0.29, 0.717) is 0 Å². The highest BCUT2D eigenvalue weighted by Gasteiger charge is 1.16. The molecular weight excluding hydrogens is 138 g/mol. The zero-order valence-corrected chi connectivity index (χ0v) is 4.34. The minimum Gasteiger partial charge on any atom is -0.0776 e. The fraction of sp³-hybridized carbons (Fsp3) is 1.00. The average molecular weight is 148 g/mol. The number of hydrogen-bond donors (Lipinski definition) is 6. The van der Waals surface area contributed by atoms with E-state index in [1.54, 1.807) is 0 Å². The van der Waals surface area contributed by atoms with E-state index in [-0.39, 0.29) is 7.43 Å². The molecule has 6 N–H and O–H groups in total. The smallest absolute Gasteiger partial charge is 0.0776 e. The van der Waals surface area contributed by atoms with Gasteiger partial charge in [0, 0.05) is 0 Å². The molecule has 0 saturated carbocycles. The Labute approximate surface area is 56.5 Å². The van der Waals surface area contributed by atoms with Crippen molar-refractivity contribution in [1.29, 1.82) is 33.2 Å². The molecule has 0 atom stereocenters. The van der Waals surface area contributed by atoms with Gasteiger partial charge in [0.1, 0.15) is 33.2 Å². The second-order valence-electron chi connectivity index (χ2n) is 0.335. The first-order valence-corrected chi connectivity index (χ1v) is 1.34. The molecule has 9 heteroatoms. The maximum Gasteiger partial charge on any atom is 0.211 e. The second kappa shape index (κ2) is 282. The van der Waals surface area contributed by atoms with Gasteiger partial charge in [-0.1, -0.05) is 7.43 Å². The molecule has 0 fully saturated rings. The molecule has 0 spiro atoms. The van der Waals surface area contributed by atoms with Crippen LogP contribution >= 0.6 is 0 Å². The van der Waals surface area contributed by atoms with Crippen molar-refractivity contribution in [2.45, 2.75) is 7.43 Å². The summed E-state index contributed by atoms with van der Waals surface area (Å²) in [6.07, 6.45) is 0. The van der Waals surface area contributed by atoms with E-state index in [1.165, 1.54) is 0 Å². The van der Waals surface area contributed by atoms with Crippen LogP contribution in [0, 0.1) is 33.2 Å². The maximum atomic E-state index is 5.50. The molecule has 0 bridgehead atoms. The highest BCUT2D eigenvalue weighted by Crippen LogP contribution is 0.847. The third-order valence-electron chi connectivity index (χ3n) is 0. The van der Waals surface area contributed by atoms with Crippen molar-refractivity contribution in [3.8, 4) is 0 Å². The first-order chi connectivity index (χ1) is 4.24. The molecule has 0 aliphatic carbocycles. The van der Waals surface area contributed by atoms with Gasteiger partial charge in [-0.2, -0.15) is 0 Å². The van der Waals surface area contributed by atoms with Crippen LogP contribution in [0.1, 0.15) is 7.43 Å². The number of nitrogens with zero attached hydrogens (tertiary/aromatic N) is 3. The quantitative estimate of drug-likeness (QED) is 0.211. The summed E-state index contributed by atoms with van der Waals surface area (Å²) in [6, 6.07) is 0. The van der Waals surface area contributed by atoms with Gasteiger partial charge in [0.05, 0.1) is 0 Å². The molecule has 9 nitrogen and oxygen atoms in total. The van der Waals surface area contributed by atoms with Crippen molar-refractivity contribution in [2.75, 3.05) is 0 Å². The summed E-state index contributed by atoms with van der Waals surface area (Å²) >= 11 is 0. The van der Waals surface area contributed by atoms with Crippen molar-refractivity contribution in [3.63, 3.8) is 0 Å². The zero-order chi connectivity index (χ0) is 8.12. The molecule has 0 heterocycles. The molecule has 0 saturated heterocycles. The fourth-order valence-corrected chi connectivity index (χ4v) is 0. The van der Waals surface area contributed by atoms with Crippen molar-refractivity contribution in [2.24, 2.45) is 0 Å². The van der Waals surface area contributed by atoms with Crippen LogP contribution in [-0.4, -0.2) is 0 Å². The van der Waals surface area contributed by atoms with Crippen LogP contribution in [0.25, 0.3) is 0 Å². The van der Waals surface area contributed by atoms with Gasteiger partial charge in [-0.25, -0.2) is 0 Å². The Bertz CT molecular complexity index is 96.3. The van der Waals surface area contributed by atoms with Crippen LogP contribution in [-0.2, 0) is 0 Å². The summed E-state index contributed by atoms with van der Waals surface area (Å²) in [5.74, 6) is 0. The highest BCUT2D eigenvalue weighted by molar-refractivity contribution is 2.97. The third kappa shape index (κ3) is 33.6. The van der Waals surface area contributed by atoms with Crippen LogP contribution in [0.15, 0.2) is 0 Å². The second-order valence-corrected chi connectivity index (χ2v) is 0.335. The number of hydrogen-bond acceptors (Lipinski definition) is 6. The van der Waals surface area contributed by atoms with Gasteiger partial charge in [0.25, 0.3) is 0 Å². The molecule has 0 amide bonds. The van der Waals surface area contributed by atoms with Gasteiger partial charge in [-0.15, -0.1) is 0 Å². The molecular formula is CH10N9+3. The van der Waals surface area contributed by atoms with E-state index in [2.05, 4.69) is 0 Å². The summed E-state index contributed by atoms with van der Waals surface area (Å²) in [5, 5.41) is 0. The van der Waals surface area contributed by atoms with Crippen LogP contribution < -0.4 is 14.7 Å². The van der Waals surface area contributed by atoms with Crippen LogP contribution in [0.4, 0.5) is 0 Å². The summed E-state index contributed by atoms with van der Waals surface area (Å²) < 4.78 is 0. The maximum absolute atomic E-state index is 5.50. The van der Waals surface area contributed by atoms with Crippen LogP contribution in [0.5, 0.6) is 0 Å². The Hall–Kier alpha value is -2.07. The molecule has 56 valence electrons. The van der Waals surface area contributed by atoms with Gasteiger partial charge in [-0.3, -0.25) is 0 Å². The Kier molecular flexibility index (Phi) is 695. The SMILES string of the molecule is C.N=[N+]=N.N=[N+]=N.N=[N+]=N. The average Bonchev–Trinajstić information content (AvgIpc) is 1.70. The Morgan fingerprint density at radius 1 is 0.500 bits per heavy atom. The molecule has 0 radical (unpaired) electrons. The fourth-order valence-electron chi connectivity index (χ4n) is 0. The molecule has 10 heavy (non-hydrogen) atoms. The predicted octanol–water partition coefficient (Wildman–Crippen LogP) is 0.983. The van der Waals surface area contributed by atoms with Gasteiger partial charge >= 0.3 is 0 Å². The van der Waals surface area contributed by atoms with E-state index in [1.807, 2.05) is 14.7 Å². The Morgan fingerprint density at radius 3 is 0.500 bits per heavy atom. The molecule has 0 rings (SSSR count). The molecule has 0 aromatic rings. The van der Waals surface area contributed by atoms with Crippen molar-refractivity contribution in [1.82, 2.24) is 14.7 Å². The predicted molar refractivity (Wildman–Crippen MR) is 29.5 cm³/mol. The lowest BCUT2D eigenvalue weighted by Crippen LogP contribution is -1.24. The van der Waals surface area contributed by atoms with E-state index in [0.717, 1.165) is 0 Å². The zero-order valence-electron chi connectivity index (χ0n) is 4.34. The molecule has 0 aliphatic heterocycles. The minimum atomic E-state index is 0. The lowest BCUT2D eigenvalue weighted by atomic mass is 12.0. The summed E-state index contributed by atoms with van der Waals surface area (Å²) in [6.45, 7) is 0. The molecule has 0 aromatic carbocycles. The van der Waals surface area contributed by atoms with Gasteiger partial charge < -0.3 is 0 Å². The summed E-state index contributed by atoms with van der Waals surface area (Å²) in [4.78, 5) is 6.00. The third-order valence-corrected chi connectivity index (χ3v) is 0. The Balaban J connectivity index is -0.0000000257.